The molecule has 2 fully saturated rings. The number of ketones is 2. The molecule has 0 bridgehead atoms. The summed E-state index contributed by atoms with van der Waals surface area (Å²) in [6, 6.07) is 21.9. The number of Topliss-reactive ketones (excluding diaryl/α,β-unsaturated/α-hetero) is 2. The molecule has 0 saturated carbocycles. The maximum absolute atomic E-state index is 13.8. The first kappa shape index (κ1) is 34.7. The van der Waals surface area contributed by atoms with Crippen LogP contribution in [0.2, 0.25) is 0 Å². The van der Waals surface area contributed by atoms with E-state index >= 15 is 0 Å². The second-order valence-corrected chi connectivity index (χ2v) is 12.2. The van der Waals surface area contributed by atoms with Gasteiger partial charge in [0.15, 0.2) is 11.6 Å². The van der Waals surface area contributed by atoms with E-state index in [-0.39, 0.29) is 60.0 Å². The van der Waals surface area contributed by atoms with Crippen molar-refractivity contribution in [2.45, 2.75) is 6.42 Å². The zero-order valence-corrected chi connectivity index (χ0v) is 27.1. The third-order valence-electron chi connectivity index (χ3n) is 8.46. The Balaban J connectivity index is 1.27. The molecule has 0 radical (unpaired) electrons. The van der Waals surface area contributed by atoms with E-state index in [0.717, 1.165) is 0 Å². The third-order valence-corrected chi connectivity index (χ3v) is 8.46. The fourth-order valence-electron chi connectivity index (χ4n) is 5.83. The number of piperidine rings is 2. The normalized spacial score (nSPS) is 18.3. The Bertz CT molecular complexity index is 1830. The lowest BCUT2D eigenvalue weighted by Crippen LogP contribution is -2.46. The molecule has 0 N–H and O–H groups in total. The summed E-state index contributed by atoms with van der Waals surface area (Å²) in [7, 11) is 0. The van der Waals surface area contributed by atoms with E-state index in [2.05, 4.69) is 0 Å². The average molecular weight is 691 g/mol. The van der Waals surface area contributed by atoms with Crippen LogP contribution in [0.15, 0.2) is 119 Å². The van der Waals surface area contributed by atoms with Gasteiger partial charge in [0, 0.05) is 48.5 Å². The summed E-state index contributed by atoms with van der Waals surface area (Å²) < 4.78 is 54.3. The molecule has 4 aromatic carbocycles. The minimum atomic E-state index is -0.580. The molecule has 10 heteroatoms. The van der Waals surface area contributed by atoms with Crippen molar-refractivity contribution in [2.75, 3.05) is 26.2 Å². The summed E-state index contributed by atoms with van der Waals surface area (Å²) in [4.78, 5) is 57.4. The number of carbonyl (C=O) groups excluding carboxylic acids is 4. The molecule has 0 atom stereocenters. The fraction of sp³-hybridized carbons (Fsp3) is 0.122. The zero-order valence-electron chi connectivity index (χ0n) is 27.1. The maximum Gasteiger partial charge on any atom is 0.232 e. The van der Waals surface area contributed by atoms with Gasteiger partial charge < -0.3 is 9.80 Å². The molecule has 2 amide bonds. The molecule has 2 aliphatic heterocycles. The summed E-state index contributed by atoms with van der Waals surface area (Å²) in [6.45, 7) is -0.472. The molecule has 0 spiro atoms. The number of benzene rings is 4. The van der Waals surface area contributed by atoms with Gasteiger partial charge in [-0.2, -0.15) is 0 Å². The van der Waals surface area contributed by atoms with E-state index in [1.54, 1.807) is 24.3 Å². The number of hydrogen-bond donors (Lipinski definition) is 0. The molecule has 2 heterocycles. The van der Waals surface area contributed by atoms with Crippen molar-refractivity contribution < 1.29 is 36.7 Å². The number of rotatable bonds is 6. The minimum Gasteiger partial charge on any atom is -0.333 e. The van der Waals surface area contributed by atoms with E-state index in [1.807, 2.05) is 0 Å². The Morgan fingerprint density at radius 2 is 0.647 bits per heavy atom. The van der Waals surface area contributed by atoms with Gasteiger partial charge >= 0.3 is 0 Å². The second kappa shape index (κ2) is 15.2. The number of carbonyl (C=O) groups is 4. The number of halogens is 4. The molecule has 2 saturated heterocycles. The molecule has 0 unspecified atom stereocenters. The van der Waals surface area contributed by atoms with E-state index in [0.29, 0.717) is 22.3 Å². The SMILES string of the molecule is O=C1/C(=C\c2ccc(F)cc2)CN(C(=O)CC(=O)N2C/C(=C\c3ccc(F)cc3)C(=O)/C(=C/c3ccc(F)cc3)C2)C/C1=C\c1ccc(F)cc1. The van der Waals surface area contributed by atoms with Crippen LogP contribution in [0.3, 0.4) is 0 Å². The van der Waals surface area contributed by atoms with Gasteiger partial charge in [-0.1, -0.05) is 48.5 Å². The molecule has 0 aromatic heterocycles. The summed E-state index contributed by atoms with van der Waals surface area (Å²) in [5.74, 6) is -3.66. The van der Waals surface area contributed by atoms with Crippen LogP contribution in [0.4, 0.5) is 17.6 Å². The van der Waals surface area contributed by atoms with Crippen LogP contribution in [-0.4, -0.2) is 59.4 Å². The van der Waals surface area contributed by atoms with Crippen molar-refractivity contribution in [2.24, 2.45) is 0 Å². The molecule has 256 valence electrons. The minimum absolute atomic E-state index is 0.118. The smallest absolute Gasteiger partial charge is 0.232 e. The Morgan fingerprint density at radius 3 is 0.863 bits per heavy atom. The summed E-state index contributed by atoms with van der Waals surface area (Å²) >= 11 is 0. The Hall–Kier alpha value is -6.16. The monoisotopic (exact) mass is 690 g/mol. The molecule has 6 nitrogen and oxygen atoms in total. The lowest BCUT2D eigenvalue weighted by molar-refractivity contribution is -0.140. The maximum atomic E-state index is 13.8. The Morgan fingerprint density at radius 1 is 0.431 bits per heavy atom. The van der Waals surface area contributed by atoms with Crippen molar-refractivity contribution in [1.82, 2.24) is 9.80 Å². The Labute approximate surface area is 291 Å². The molecular weight excluding hydrogens is 660 g/mol. The van der Waals surface area contributed by atoms with Crippen LogP contribution in [0.25, 0.3) is 24.3 Å². The van der Waals surface area contributed by atoms with E-state index in [9.17, 15) is 36.7 Å². The molecular formula is C41H30F4N2O4. The van der Waals surface area contributed by atoms with Gasteiger partial charge in [-0.25, -0.2) is 17.6 Å². The van der Waals surface area contributed by atoms with Crippen molar-refractivity contribution in [3.63, 3.8) is 0 Å². The molecule has 6 rings (SSSR count). The van der Waals surface area contributed by atoms with Crippen molar-refractivity contribution >= 4 is 47.7 Å². The predicted molar refractivity (Wildman–Crippen MR) is 185 cm³/mol. The van der Waals surface area contributed by atoms with Crippen LogP contribution < -0.4 is 0 Å². The van der Waals surface area contributed by atoms with E-state index in [4.69, 9.17) is 0 Å². The number of nitrogens with zero attached hydrogens (tertiary/aromatic N) is 2. The van der Waals surface area contributed by atoms with Crippen LogP contribution in [0.5, 0.6) is 0 Å². The highest BCUT2D eigenvalue weighted by molar-refractivity contribution is 6.17. The van der Waals surface area contributed by atoms with Crippen LogP contribution >= 0.6 is 0 Å². The predicted octanol–water partition coefficient (Wildman–Crippen LogP) is 7.09. The zero-order chi connectivity index (χ0) is 36.1. The lowest BCUT2D eigenvalue weighted by Gasteiger charge is -2.32. The van der Waals surface area contributed by atoms with Crippen molar-refractivity contribution in [1.29, 1.82) is 0 Å². The standard InChI is InChI=1S/C41H30F4N2O4/c42-34-9-1-26(2-10-34)17-30-22-46(23-31(40(30)50)18-27-3-11-35(43)12-4-27)38(48)21-39(49)47-24-32(19-28-5-13-36(44)14-6-28)41(51)33(25-47)20-29-7-15-37(45)16-8-29/h1-20H,21-25H2/b30-17-,31-18+,32-19+,33-20+. The van der Waals surface area contributed by atoms with Gasteiger partial charge in [-0.05, 0) is 95.1 Å². The number of likely N-dealkylation sites (tertiary alicyclic amines) is 2. The van der Waals surface area contributed by atoms with Gasteiger partial charge in [-0.15, -0.1) is 0 Å². The molecule has 0 aliphatic carbocycles. The van der Waals surface area contributed by atoms with Gasteiger partial charge in [0.2, 0.25) is 11.8 Å². The fourth-order valence-corrected chi connectivity index (χ4v) is 5.83. The Kier molecular flexibility index (Phi) is 10.3. The summed E-state index contributed by atoms with van der Waals surface area (Å²) in [5.41, 5.74) is 3.07. The highest BCUT2D eigenvalue weighted by atomic mass is 19.1. The van der Waals surface area contributed by atoms with Gasteiger partial charge in [-0.3, -0.25) is 19.2 Å². The average Bonchev–Trinajstić information content (AvgIpc) is 3.11. The van der Waals surface area contributed by atoms with Crippen LogP contribution in [0, 0.1) is 23.3 Å². The largest absolute Gasteiger partial charge is 0.333 e. The van der Waals surface area contributed by atoms with Gasteiger partial charge in [0.05, 0.1) is 0 Å². The number of hydrogen-bond acceptors (Lipinski definition) is 4. The summed E-state index contributed by atoms with van der Waals surface area (Å²) in [6.07, 6.45) is 5.63. The first-order chi connectivity index (χ1) is 24.5. The van der Waals surface area contributed by atoms with Crippen molar-refractivity contribution in [3.05, 3.63) is 165 Å². The lowest BCUT2D eigenvalue weighted by atomic mass is 9.93. The highest BCUT2D eigenvalue weighted by Gasteiger charge is 2.33. The molecule has 4 aromatic rings. The summed E-state index contributed by atoms with van der Waals surface area (Å²) in [5, 5.41) is 0. The van der Waals surface area contributed by atoms with Gasteiger partial charge in [0.25, 0.3) is 0 Å². The van der Waals surface area contributed by atoms with Crippen molar-refractivity contribution in [3.8, 4) is 0 Å². The van der Waals surface area contributed by atoms with Crippen LogP contribution in [0.1, 0.15) is 28.7 Å². The van der Waals surface area contributed by atoms with E-state index in [1.165, 1.54) is 107 Å². The number of amides is 2. The van der Waals surface area contributed by atoms with Gasteiger partial charge in [0.1, 0.15) is 29.7 Å². The molecule has 2 aliphatic rings. The molecule has 51 heavy (non-hydrogen) atoms. The third kappa shape index (κ3) is 8.72. The topological polar surface area (TPSA) is 74.8 Å². The van der Waals surface area contributed by atoms with E-state index < -0.39 is 41.5 Å². The van der Waals surface area contributed by atoms with Crippen LogP contribution in [-0.2, 0) is 19.2 Å². The first-order valence-corrected chi connectivity index (χ1v) is 16.0. The quantitative estimate of drug-likeness (QED) is 0.123. The second-order valence-electron chi connectivity index (χ2n) is 12.2. The first-order valence-electron chi connectivity index (χ1n) is 16.0. The highest BCUT2D eigenvalue weighted by Crippen LogP contribution is 2.26.